The van der Waals surface area contributed by atoms with E-state index in [0.717, 1.165) is 18.8 Å². The lowest BCUT2D eigenvalue weighted by Gasteiger charge is -2.34. The lowest BCUT2D eigenvalue weighted by molar-refractivity contribution is -0.135. The van der Waals surface area contributed by atoms with Gasteiger partial charge in [-0.3, -0.25) is 4.79 Å². The average molecular weight is 222 g/mol. The van der Waals surface area contributed by atoms with E-state index in [9.17, 15) is 4.79 Å². The number of carbonyl (C=O) groups is 1. The number of allylic oxidation sites excluding steroid dienone is 1. The van der Waals surface area contributed by atoms with Crippen molar-refractivity contribution in [3.05, 3.63) is 17.6 Å². The lowest BCUT2D eigenvalue weighted by Crippen LogP contribution is -2.23. The maximum atomic E-state index is 10.6. The third kappa shape index (κ3) is 4.24. The number of ether oxygens (including phenoxy) is 1. The van der Waals surface area contributed by atoms with Gasteiger partial charge in [0.25, 0.3) is 0 Å². The van der Waals surface area contributed by atoms with Crippen LogP contribution in [0.3, 0.4) is 0 Å². The van der Waals surface area contributed by atoms with Crippen molar-refractivity contribution in [3.63, 3.8) is 0 Å². The zero-order valence-corrected chi connectivity index (χ0v) is 10.8. The largest absolute Gasteiger partial charge is 0.426 e. The molecule has 16 heavy (non-hydrogen) atoms. The number of rotatable bonds is 1. The van der Waals surface area contributed by atoms with E-state index >= 15 is 0 Å². The number of esters is 1. The van der Waals surface area contributed by atoms with Gasteiger partial charge >= 0.3 is 5.97 Å². The molecule has 0 aromatic heterocycles. The van der Waals surface area contributed by atoms with Gasteiger partial charge in [-0.1, -0.05) is 26.5 Å². The second-order valence-electron chi connectivity index (χ2n) is 5.62. The first-order chi connectivity index (χ1) is 7.39. The summed E-state index contributed by atoms with van der Waals surface area (Å²) in [6, 6.07) is 0. The second kappa shape index (κ2) is 5.36. The lowest BCUT2D eigenvalue weighted by atomic mass is 9.71. The van der Waals surface area contributed by atoms with Gasteiger partial charge in [-0.25, -0.2) is 0 Å². The molecule has 1 aliphatic carbocycles. The van der Waals surface area contributed by atoms with Crippen LogP contribution in [0, 0.1) is 11.3 Å². The summed E-state index contributed by atoms with van der Waals surface area (Å²) in [7, 11) is 0. The fraction of sp³-hybridized carbons (Fsp3) is 0.714. The molecule has 0 radical (unpaired) electrons. The second-order valence-corrected chi connectivity index (χ2v) is 5.62. The normalized spacial score (nSPS) is 21.2. The minimum atomic E-state index is -0.281. The number of hydrogen-bond donors (Lipinski definition) is 0. The molecule has 0 spiro atoms. The quantitative estimate of drug-likeness (QED) is 0.383. The molecule has 0 heterocycles. The molecule has 1 aliphatic rings. The van der Waals surface area contributed by atoms with Crippen molar-refractivity contribution < 1.29 is 9.53 Å². The SMILES string of the molecule is CC(=O)OC=C=C1CCC(C(C)(C)C)CC1. The van der Waals surface area contributed by atoms with E-state index < -0.39 is 0 Å². The van der Waals surface area contributed by atoms with Crippen LogP contribution in [0.1, 0.15) is 53.4 Å². The van der Waals surface area contributed by atoms with Gasteiger partial charge in [-0.05, 0) is 42.6 Å². The van der Waals surface area contributed by atoms with Gasteiger partial charge in [0, 0.05) is 6.92 Å². The van der Waals surface area contributed by atoms with Crippen LogP contribution >= 0.6 is 0 Å². The molecule has 1 saturated carbocycles. The minimum absolute atomic E-state index is 0.281. The van der Waals surface area contributed by atoms with Crippen molar-refractivity contribution in [3.8, 4) is 0 Å². The van der Waals surface area contributed by atoms with Crippen LogP contribution in [-0.4, -0.2) is 5.97 Å². The highest BCUT2D eigenvalue weighted by atomic mass is 16.5. The molecule has 0 atom stereocenters. The van der Waals surface area contributed by atoms with Gasteiger partial charge in [-0.15, -0.1) is 0 Å². The Bertz CT molecular complexity index is 304. The van der Waals surface area contributed by atoms with Crippen LogP contribution in [0.5, 0.6) is 0 Å². The van der Waals surface area contributed by atoms with Crippen LogP contribution < -0.4 is 0 Å². The number of carbonyl (C=O) groups excluding carboxylic acids is 1. The summed E-state index contributed by atoms with van der Waals surface area (Å²) in [5.41, 5.74) is 4.76. The summed E-state index contributed by atoms with van der Waals surface area (Å²) in [4.78, 5) is 10.6. The Morgan fingerprint density at radius 2 is 1.94 bits per heavy atom. The van der Waals surface area contributed by atoms with Crippen LogP contribution in [-0.2, 0) is 9.53 Å². The molecule has 0 amide bonds. The van der Waals surface area contributed by atoms with E-state index in [-0.39, 0.29) is 5.97 Å². The summed E-state index contributed by atoms with van der Waals surface area (Å²) in [5, 5.41) is 0. The van der Waals surface area contributed by atoms with Gasteiger partial charge in [-0.2, -0.15) is 0 Å². The van der Waals surface area contributed by atoms with Gasteiger partial charge < -0.3 is 4.74 Å². The Kier molecular flexibility index (Phi) is 4.37. The summed E-state index contributed by atoms with van der Waals surface area (Å²) < 4.78 is 4.74. The smallest absolute Gasteiger partial charge is 0.308 e. The van der Waals surface area contributed by atoms with E-state index in [0.29, 0.717) is 5.41 Å². The summed E-state index contributed by atoms with van der Waals surface area (Å²) in [5.74, 6) is 0.517. The van der Waals surface area contributed by atoms with E-state index in [2.05, 4.69) is 26.5 Å². The molecular formula is C14H22O2. The highest BCUT2D eigenvalue weighted by molar-refractivity contribution is 5.66. The van der Waals surface area contributed by atoms with Crippen LogP contribution in [0.15, 0.2) is 17.6 Å². The zero-order valence-electron chi connectivity index (χ0n) is 10.8. The fourth-order valence-corrected chi connectivity index (χ4v) is 2.17. The third-order valence-corrected chi connectivity index (χ3v) is 3.30. The van der Waals surface area contributed by atoms with Crippen molar-refractivity contribution in [2.24, 2.45) is 11.3 Å². The van der Waals surface area contributed by atoms with Gasteiger partial charge in [0.1, 0.15) is 6.26 Å². The molecular weight excluding hydrogens is 200 g/mol. The Labute approximate surface area is 98.4 Å². The Hall–Kier alpha value is -1.01. The molecule has 2 heteroatoms. The van der Waals surface area contributed by atoms with Gasteiger partial charge in [0.2, 0.25) is 0 Å². The topological polar surface area (TPSA) is 26.3 Å². The Morgan fingerprint density at radius 1 is 1.38 bits per heavy atom. The van der Waals surface area contributed by atoms with E-state index in [1.54, 1.807) is 0 Å². The molecule has 0 saturated heterocycles. The maximum Gasteiger partial charge on any atom is 0.308 e. The standard InChI is InChI=1S/C14H22O2/c1-11(15)16-10-9-12-5-7-13(8-6-12)14(2,3)4/h10,13H,5-8H2,1-4H3. The monoisotopic (exact) mass is 222 g/mol. The predicted molar refractivity (Wildman–Crippen MR) is 64.8 cm³/mol. The molecule has 0 aromatic carbocycles. The molecule has 0 bridgehead atoms. The number of hydrogen-bond acceptors (Lipinski definition) is 2. The maximum absolute atomic E-state index is 10.6. The van der Waals surface area contributed by atoms with E-state index in [1.807, 2.05) is 0 Å². The summed E-state index contributed by atoms with van der Waals surface area (Å²) >= 11 is 0. The molecule has 0 aromatic rings. The summed E-state index contributed by atoms with van der Waals surface area (Å²) in [6.07, 6.45) is 6.01. The Morgan fingerprint density at radius 3 is 2.38 bits per heavy atom. The van der Waals surface area contributed by atoms with Crippen molar-refractivity contribution in [2.75, 3.05) is 0 Å². The van der Waals surface area contributed by atoms with Crippen molar-refractivity contribution in [1.29, 1.82) is 0 Å². The van der Waals surface area contributed by atoms with E-state index in [4.69, 9.17) is 4.74 Å². The molecule has 0 aliphatic heterocycles. The highest BCUT2D eigenvalue weighted by Gasteiger charge is 2.27. The fourth-order valence-electron chi connectivity index (χ4n) is 2.17. The Balaban J connectivity index is 2.49. The average Bonchev–Trinajstić information content (AvgIpc) is 2.16. The molecule has 1 fully saturated rings. The molecule has 1 rings (SSSR count). The highest BCUT2D eigenvalue weighted by Crippen LogP contribution is 2.39. The van der Waals surface area contributed by atoms with Crippen LogP contribution in [0.2, 0.25) is 0 Å². The van der Waals surface area contributed by atoms with Crippen molar-refractivity contribution in [1.82, 2.24) is 0 Å². The van der Waals surface area contributed by atoms with Crippen LogP contribution in [0.25, 0.3) is 0 Å². The van der Waals surface area contributed by atoms with Crippen molar-refractivity contribution in [2.45, 2.75) is 53.4 Å². The van der Waals surface area contributed by atoms with Gasteiger partial charge in [0.05, 0.1) is 0 Å². The first-order valence-corrected chi connectivity index (χ1v) is 5.99. The molecule has 2 nitrogen and oxygen atoms in total. The third-order valence-electron chi connectivity index (χ3n) is 3.30. The molecule has 0 N–H and O–H groups in total. The molecule has 90 valence electrons. The first-order valence-electron chi connectivity index (χ1n) is 5.99. The van der Waals surface area contributed by atoms with Gasteiger partial charge in [0.15, 0.2) is 0 Å². The zero-order chi connectivity index (χ0) is 12.2. The van der Waals surface area contributed by atoms with Crippen LogP contribution in [0.4, 0.5) is 0 Å². The van der Waals surface area contributed by atoms with Crippen molar-refractivity contribution >= 4 is 5.97 Å². The van der Waals surface area contributed by atoms with E-state index in [1.165, 1.54) is 31.6 Å². The predicted octanol–water partition coefficient (Wildman–Crippen LogP) is 3.82. The minimum Gasteiger partial charge on any atom is -0.426 e. The first kappa shape index (κ1) is 13.1. The molecule has 0 unspecified atom stereocenters. The summed E-state index contributed by atoms with van der Waals surface area (Å²) in [6.45, 7) is 8.32.